The molecule has 2 saturated heterocycles. The lowest BCUT2D eigenvalue weighted by molar-refractivity contribution is -0.122. The van der Waals surface area contributed by atoms with Crippen LogP contribution in [0.2, 0.25) is 0 Å². The van der Waals surface area contributed by atoms with E-state index in [9.17, 15) is 4.79 Å². The molecular formula is C29H31N3O2S2. The van der Waals surface area contributed by atoms with E-state index in [0.29, 0.717) is 28.3 Å². The summed E-state index contributed by atoms with van der Waals surface area (Å²) < 4.78 is 5.75. The number of piperidine rings is 1. The first-order valence-electron chi connectivity index (χ1n) is 12.6. The first-order chi connectivity index (χ1) is 17.6. The Hall–Kier alpha value is -2.74. The van der Waals surface area contributed by atoms with Gasteiger partial charge in [-0.2, -0.15) is 0 Å². The van der Waals surface area contributed by atoms with E-state index in [4.69, 9.17) is 21.9 Å². The molecular weight excluding hydrogens is 486 g/mol. The van der Waals surface area contributed by atoms with Crippen LogP contribution in [0.4, 0.5) is 5.82 Å². The number of ether oxygens (including phenoxy) is 1. The third-order valence-corrected chi connectivity index (χ3v) is 8.28. The number of carbonyl (C=O) groups excluding carboxylic acids is 1. The molecule has 0 saturated carbocycles. The molecule has 5 rings (SSSR count). The van der Waals surface area contributed by atoms with E-state index >= 15 is 0 Å². The number of methoxy groups -OCH3 is 1. The van der Waals surface area contributed by atoms with Crippen molar-refractivity contribution >= 4 is 57.0 Å². The Bertz CT molecular complexity index is 1270. The lowest BCUT2D eigenvalue weighted by Crippen LogP contribution is -2.35. The molecule has 0 spiro atoms. The largest absolute Gasteiger partial charge is 0.385 e. The molecule has 0 unspecified atom stereocenters. The molecule has 0 N–H and O–H groups in total. The molecule has 0 radical (unpaired) electrons. The summed E-state index contributed by atoms with van der Waals surface area (Å²) in [6.45, 7) is 3.10. The van der Waals surface area contributed by atoms with Crippen LogP contribution in [0.1, 0.15) is 30.4 Å². The molecule has 2 fully saturated rings. The van der Waals surface area contributed by atoms with E-state index in [1.165, 1.54) is 17.3 Å². The minimum absolute atomic E-state index is 0.0261. The second kappa shape index (κ2) is 11.5. The number of anilines is 1. The number of benzene rings is 2. The zero-order valence-corrected chi connectivity index (χ0v) is 22.2. The van der Waals surface area contributed by atoms with Crippen molar-refractivity contribution in [2.24, 2.45) is 5.92 Å². The predicted molar refractivity (Wildman–Crippen MR) is 153 cm³/mol. The quantitative estimate of drug-likeness (QED) is 0.210. The van der Waals surface area contributed by atoms with Crippen molar-refractivity contribution < 1.29 is 9.53 Å². The molecule has 1 amide bonds. The van der Waals surface area contributed by atoms with Gasteiger partial charge < -0.3 is 9.64 Å². The fraction of sp³-hybridized carbons (Fsp3) is 0.345. The van der Waals surface area contributed by atoms with Crippen LogP contribution in [0, 0.1) is 5.92 Å². The Balaban J connectivity index is 1.38. The Labute approximate surface area is 222 Å². The Morgan fingerprint density at radius 3 is 2.64 bits per heavy atom. The van der Waals surface area contributed by atoms with Gasteiger partial charge in [0, 0.05) is 44.3 Å². The minimum atomic E-state index is -0.0261. The van der Waals surface area contributed by atoms with Crippen molar-refractivity contribution in [2.75, 3.05) is 38.3 Å². The number of rotatable bonds is 8. The van der Waals surface area contributed by atoms with Gasteiger partial charge in [-0.25, -0.2) is 4.98 Å². The number of pyridine rings is 1. The van der Waals surface area contributed by atoms with Gasteiger partial charge in [-0.15, -0.1) is 0 Å². The average molecular weight is 518 g/mol. The number of thioether (sulfide) groups is 1. The SMILES string of the molecule is COCCCN1C(=O)/C(=C/c2cc3ccccc3nc2N2CCC(Cc3ccccc3)CC2)SC1=S. The van der Waals surface area contributed by atoms with Crippen LogP contribution < -0.4 is 4.90 Å². The van der Waals surface area contributed by atoms with Crippen LogP contribution in [0.3, 0.4) is 0 Å². The normalized spacial score (nSPS) is 18.1. The molecule has 0 bridgehead atoms. The number of para-hydroxylation sites is 1. The summed E-state index contributed by atoms with van der Waals surface area (Å²) in [6, 6.07) is 21.1. The maximum atomic E-state index is 13.2. The van der Waals surface area contributed by atoms with Crippen LogP contribution in [0.15, 0.2) is 65.6 Å². The highest BCUT2D eigenvalue weighted by Gasteiger charge is 2.32. The minimum Gasteiger partial charge on any atom is -0.385 e. The number of hydrogen-bond donors (Lipinski definition) is 0. The molecule has 1 aromatic heterocycles. The summed E-state index contributed by atoms with van der Waals surface area (Å²) in [7, 11) is 1.67. The zero-order chi connectivity index (χ0) is 24.9. The highest BCUT2D eigenvalue weighted by atomic mass is 32.2. The second-order valence-electron chi connectivity index (χ2n) is 9.39. The molecule has 2 aromatic carbocycles. The maximum absolute atomic E-state index is 13.2. The summed E-state index contributed by atoms with van der Waals surface area (Å²) in [5, 5.41) is 1.07. The number of amides is 1. The summed E-state index contributed by atoms with van der Waals surface area (Å²) in [5.74, 6) is 1.61. The second-order valence-corrected chi connectivity index (χ2v) is 11.1. The monoisotopic (exact) mass is 517 g/mol. The third kappa shape index (κ3) is 5.64. The molecule has 7 heteroatoms. The molecule has 36 heavy (non-hydrogen) atoms. The van der Waals surface area contributed by atoms with Crippen molar-refractivity contribution in [3.8, 4) is 0 Å². The Morgan fingerprint density at radius 2 is 1.86 bits per heavy atom. The average Bonchev–Trinajstić information content (AvgIpc) is 3.17. The Kier molecular flexibility index (Phi) is 7.99. The van der Waals surface area contributed by atoms with E-state index in [-0.39, 0.29) is 5.91 Å². The van der Waals surface area contributed by atoms with Crippen molar-refractivity contribution in [3.63, 3.8) is 0 Å². The summed E-state index contributed by atoms with van der Waals surface area (Å²) in [4.78, 5) is 23.0. The summed E-state index contributed by atoms with van der Waals surface area (Å²) >= 11 is 6.90. The van der Waals surface area contributed by atoms with Gasteiger partial charge in [-0.3, -0.25) is 9.69 Å². The standard InChI is InChI=1S/C29H31N3O2S2/c1-34-17-7-14-32-28(33)26(36-29(32)35)20-24-19-23-10-5-6-11-25(23)30-27(24)31-15-12-22(13-16-31)18-21-8-3-2-4-9-21/h2-6,8-11,19-20,22H,7,12-18H2,1H3/b26-20-. The number of hydrogen-bond acceptors (Lipinski definition) is 6. The smallest absolute Gasteiger partial charge is 0.266 e. The fourth-order valence-corrected chi connectivity index (χ4v) is 6.28. The molecule has 2 aliphatic heterocycles. The van der Waals surface area contributed by atoms with Crippen LogP contribution >= 0.6 is 24.0 Å². The zero-order valence-electron chi connectivity index (χ0n) is 20.6. The van der Waals surface area contributed by atoms with Gasteiger partial charge in [0.25, 0.3) is 5.91 Å². The van der Waals surface area contributed by atoms with Gasteiger partial charge in [0.05, 0.1) is 10.4 Å². The number of fused-ring (bicyclic) bond motifs is 1. The van der Waals surface area contributed by atoms with Crippen LogP contribution in [0.5, 0.6) is 0 Å². The first-order valence-corrected chi connectivity index (χ1v) is 13.8. The maximum Gasteiger partial charge on any atom is 0.266 e. The number of aromatic nitrogens is 1. The van der Waals surface area contributed by atoms with Gasteiger partial charge in [-0.1, -0.05) is 72.5 Å². The molecule has 186 valence electrons. The van der Waals surface area contributed by atoms with E-state index in [1.807, 2.05) is 18.2 Å². The van der Waals surface area contributed by atoms with Crippen LogP contribution in [0.25, 0.3) is 17.0 Å². The Morgan fingerprint density at radius 1 is 1.11 bits per heavy atom. The van der Waals surface area contributed by atoms with Crippen LogP contribution in [-0.2, 0) is 16.0 Å². The number of thiocarbonyl (C=S) groups is 1. The summed E-state index contributed by atoms with van der Waals surface area (Å²) in [6.07, 6.45) is 6.13. The fourth-order valence-electron chi connectivity index (χ4n) is 4.98. The van der Waals surface area contributed by atoms with E-state index in [1.54, 1.807) is 12.0 Å². The molecule has 2 aliphatic rings. The van der Waals surface area contributed by atoms with E-state index in [2.05, 4.69) is 53.4 Å². The van der Waals surface area contributed by atoms with Crippen molar-refractivity contribution in [3.05, 3.63) is 76.7 Å². The third-order valence-electron chi connectivity index (χ3n) is 6.90. The summed E-state index contributed by atoms with van der Waals surface area (Å²) in [5.41, 5.74) is 3.36. The van der Waals surface area contributed by atoms with Crippen molar-refractivity contribution in [2.45, 2.75) is 25.7 Å². The lowest BCUT2D eigenvalue weighted by Gasteiger charge is -2.34. The van der Waals surface area contributed by atoms with E-state index < -0.39 is 0 Å². The van der Waals surface area contributed by atoms with Gasteiger partial charge in [0.2, 0.25) is 0 Å². The number of carbonyl (C=O) groups is 1. The first kappa shape index (κ1) is 24.9. The van der Waals surface area contributed by atoms with E-state index in [0.717, 1.165) is 61.1 Å². The molecule has 5 nitrogen and oxygen atoms in total. The topological polar surface area (TPSA) is 45.7 Å². The molecule has 3 heterocycles. The van der Waals surface area contributed by atoms with Crippen molar-refractivity contribution in [1.29, 1.82) is 0 Å². The van der Waals surface area contributed by atoms with Gasteiger partial charge in [0.1, 0.15) is 10.1 Å². The van der Waals surface area contributed by atoms with Crippen LogP contribution in [-0.4, -0.2) is 53.5 Å². The van der Waals surface area contributed by atoms with Crippen molar-refractivity contribution in [1.82, 2.24) is 9.88 Å². The molecule has 3 aromatic rings. The highest BCUT2D eigenvalue weighted by Crippen LogP contribution is 2.36. The highest BCUT2D eigenvalue weighted by molar-refractivity contribution is 8.26. The van der Waals surface area contributed by atoms with Gasteiger partial charge >= 0.3 is 0 Å². The molecule has 0 aliphatic carbocycles. The van der Waals surface area contributed by atoms with Gasteiger partial charge in [0.15, 0.2) is 0 Å². The molecule has 0 atom stereocenters. The lowest BCUT2D eigenvalue weighted by atomic mass is 9.90. The van der Waals surface area contributed by atoms with Gasteiger partial charge in [-0.05, 0) is 55.4 Å². The predicted octanol–water partition coefficient (Wildman–Crippen LogP) is 5.93. The number of nitrogens with zero attached hydrogens (tertiary/aromatic N) is 3.